The zero-order valence-corrected chi connectivity index (χ0v) is 5.60. The van der Waals surface area contributed by atoms with E-state index in [0.717, 1.165) is 0 Å². The number of nitrogens with one attached hydrogen (secondary N) is 1. The van der Waals surface area contributed by atoms with Crippen LogP contribution in [0.4, 0.5) is 0 Å². The van der Waals surface area contributed by atoms with Crippen molar-refractivity contribution >= 4 is 18.4 Å². The van der Waals surface area contributed by atoms with Gasteiger partial charge in [-0.25, -0.2) is 4.79 Å². The molecule has 0 aliphatic carbocycles. The van der Waals surface area contributed by atoms with Crippen molar-refractivity contribution in [2.45, 2.75) is 12.6 Å². The molecule has 0 bridgehead atoms. The summed E-state index contributed by atoms with van der Waals surface area (Å²) in [6, 6.07) is 0. The summed E-state index contributed by atoms with van der Waals surface area (Å²) in [7, 11) is 0. The van der Waals surface area contributed by atoms with Gasteiger partial charge < -0.3 is 5.11 Å². The number of carboxylic acids is 1. The van der Waals surface area contributed by atoms with Gasteiger partial charge >= 0.3 is 5.97 Å². The van der Waals surface area contributed by atoms with E-state index in [0.29, 0.717) is 0 Å². The second kappa shape index (κ2) is 2.70. The Balaban J connectivity index is 4.00. The molecule has 0 fully saturated rings. The molecule has 4 N–H and O–H groups in total. The first-order valence-corrected chi connectivity index (χ1v) is 2.49. The lowest BCUT2D eigenvalue weighted by Gasteiger charge is -2.16. The number of nitrogens with zero attached hydrogens (tertiary/aromatic N) is 1. The van der Waals surface area contributed by atoms with Crippen molar-refractivity contribution in [1.82, 2.24) is 5.43 Å². The van der Waals surface area contributed by atoms with Crippen molar-refractivity contribution in [3.63, 3.8) is 0 Å². The highest BCUT2D eigenvalue weighted by molar-refractivity contribution is 7.47. The van der Waals surface area contributed by atoms with Crippen LogP contribution in [0.5, 0.6) is 0 Å². The van der Waals surface area contributed by atoms with Crippen LogP contribution >= 0.6 is 0 Å². The van der Waals surface area contributed by atoms with E-state index in [1.54, 1.807) is 0 Å². The van der Waals surface area contributed by atoms with Crippen molar-refractivity contribution in [2.24, 2.45) is 10.2 Å². The molecule has 6 heteroatoms. The Morgan fingerprint density at radius 1 is 2.00 bits per heavy atom. The molecular weight excluding hydrogens is 142 g/mol. The zero-order chi connectivity index (χ0) is 7.49. The van der Waals surface area contributed by atoms with Crippen molar-refractivity contribution < 1.29 is 9.90 Å². The Morgan fingerprint density at radius 3 is 2.56 bits per heavy atom. The average molecular weight is 149 g/mol. The minimum atomic E-state index is -1.55. The first-order valence-electron chi connectivity index (χ1n) is 2.12. The number of hydrogen-bond acceptors (Lipinski definition) is 4. The topological polar surface area (TPSA) is 87.7 Å². The average Bonchev–Trinajstić information content (AvgIpc) is 1.65. The predicted molar refractivity (Wildman–Crippen MR) is 33.2 cm³/mol. The normalized spacial score (nSPS) is 15.8. The fraction of sp³-hybridized carbons (Fsp3) is 0.667. The van der Waals surface area contributed by atoms with E-state index < -0.39 is 11.6 Å². The van der Waals surface area contributed by atoms with Crippen molar-refractivity contribution in [1.29, 1.82) is 0 Å². The van der Waals surface area contributed by atoms with Crippen LogP contribution in [0.3, 0.4) is 0 Å². The van der Waals surface area contributed by atoms with Crippen LogP contribution in [-0.4, -0.2) is 16.7 Å². The highest BCUT2D eigenvalue weighted by Crippen LogP contribution is 1.91. The van der Waals surface area contributed by atoms with Gasteiger partial charge in [-0.15, -0.1) is 4.47 Å². The minimum Gasteiger partial charge on any atom is -0.478 e. The first kappa shape index (κ1) is 8.25. The highest BCUT2D eigenvalue weighted by atomic mass is 32.1. The van der Waals surface area contributed by atoms with E-state index >= 15 is 0 Å². The summed E-state index contributed by atoms with van der Waals surface area (Å²) in [5, 5.41) is 8.28. The Labute approximate surface area is 57.4 Å². The maximum absolute atomic E-state index is 10.1. The second-order valence-electron chi connectivity index (χ2n) is 1.71. The summed E-state index contributed by atoms with van der Waals surface area (Å²) in [6.07, 6.45) is 0. The van der Waals surface area contributed by atoms with Gasteiger partial charge in [0.15, 0.2) is 5.66 Å². The number of carbonyl (C=O) groups is 1. The molecular formula is C3H7N3O2S. The van der Waals surface area contributed by atoms with Gasteiger partial charge in [-0.3, -0.25) is 11.2 Å². The molecule has 0 aromatic heterocycles. The molecule has 0 heterocycles. The fourth-order valence-corrected chi connectivity index (χ4v) is 0.332. The largest absolute Gasteiger partial charge is 0.478 e. The van der Waals surface area contributed by atoms with Crippen LogP contribution in [0, 0.1) is 0 Å². The molecule has 1 atom stereocenters. The number of carboxylic acid groups (broad SMARTS) is 1. The molecule has 0 spiro atoms. The van der Waals surface area contributed by atoms with Gasteiger partial charge in [-0.1, -0.05) is 0 Å². The summed E-state index contributed by atoms with van der Waals surface area (Å²) in [5.41, 5.74) is 5.58. The highest BCUT2D eigenvalue weighted by Gasteiger charge is 2.26. The number of nitrogens with two attached hydrogens (primary N) is 1. The molecule has 0 aliphatic heterocycles. The lowest BCUT2D eigenvalue weighted by molar-refractivity contribution is -0.143. The fourth-order valence-electron chi connectivity index (χ4n) is 0.143. The third-order valence-corrected chi connectivity index (χ3v) is 0.813. The summed E-state index contributed by atoms with van der Waals surface area (Å²) >= 11 is 4.09. The minimum absolute atomic E-state index is 1.20. The molecule has 52 valence electrons. The molecule has 0 aliphatic rings. The van der Waals surface area contributed by atoms with E-state index in [2.05, 4.69) is 16.9 Å². The Morgan fingerprint density at radius 2 is 2.44 bits per heavy atom. The quantitative estimate of drug-likeness (QED) is 0.353. The molecule has 5 nitrogen and oxygen atoms in total. The Kier molecular flexibility index (Phi) is 2.47. The standard InChI is InChI=1S/C3H7N3O2S/c1-3(4,2(7)8)5-6-9/h4H2,1H3,(H,5,9)(H,7,8)/t3-/m1/s1. The van der Waals surface area contributed by atoms with E-state index in [-0.39, 0.29) is 0 Å². The van der Waals surface area contributed by atoms with Gasteiger partial charge in [-0.2, -0.15) is 0 Å². The molecule has 0 radical (unpaired) electrons. The van der Waals surface area contributed by atoms with Gasteiger partial charge in [0, 0.05) is 0 Å². The van der Waals surface area contributed by atoms with Crippen LogP contribution in [0.15, 0.2) is 4.47 Å². The third-order valence-electron chi connectivity index (χ3n) is 0.722. The zero-order valence-electron chi connectivity index (χ0n) is 4.79. The van der Waals surface area contributed by atoms with Gasteiger partial charge in [0.05, 0.1) is 12.4 Å². The maximum Gasteiger partial charge on any atom is 0.345 e. The van der Waals surface area contributed by atoms with Gasteiger partial charge in [0.1, 0.15) is 0 Å². The SMILES string of the molecule is C[C@@](N)(NN=S)C(=O)O. The maximum atomic E-state index is 10.1. The van der Waals surface area contributed by atoms with Crippen molar-refractivity contribution in [3.8, 4) is 0 Å². The van der Waals surface area contributed by atoms with Crippen LogP contribution < -0.4 is 11.2 Å². The number of rotatable bonds is 3. The lowest BCUT2D eigenvalue weighted by atomic mass is 10.2. The van der Waals surface area contributed by atoms with Gasteiger partial charge in [-0.05, 0) is 6.92 Å². The molecule has 9 heavy (non-hydrogen) atoms. The smallest absolute Gasteiger partial charge is 0.345 e. The molecule has 0 aromatic rings. The van der Waals surface area contributed by atoms with E-state index in [1.807, 2.05) is 5.43 Å². The molecule has 0 amide bonds. The number of aliphatic carboxylic acids is 1. The van der Waals surface area contributed by atoms with Crippen molar-refractivity contribution in [3.05, 3.63) is 0 Å². The number of hydrogen-bond donors (Lipinski definition) is 3. The third kappa shape index (κ3) is 2.34. The monoisotopic (exact) mass is 149 g/mol. The Hall–Kier alpha value is -0.750. The molecule has 0 saturated carbocycles. The van der Waals surface area contributed by atoms with Crippen LogP contribution in [0.2, 0.25) is 0 Å². The van der Waals surface area contributed by atoms with E-state index in [9.17, 15) is 4.79 Å². The Bertz CT molecular complexity index is 135. The lowest BCUT2D eigenvalue weighted by Crippen LogP contribution is -2.54. The van der Waals surface area contributed by atoms with Gasteiger partial charge in [0.25, 0.3) is 0 Å². The first-order chi connectivity index (χ1) is 4.00. The summed E-state index contributed by atoms with van der Waals surface area (Å²) in [4.78, 5) is 10.1. The van der Waals surface area contributed by atoms with Crippen LogP contribution in [0.1, 0.15) is 6.92 Å². The second-order valence-corrected chi connectivity index (χ2v) is 1.89. The predicted octanol–water partition coefficient (Wildman–Crippen LogP) is -1.02. The van der Waals surface area contributed by atoms with E-state index in [4.69, 9.17) is 10.8 Å². The van der Waals surface area contributed by atoms with E-state index in [1.165, 1.54) is 6.92 Å². The molecule has 0 rings (SSSR count). The van der Waals surface area contributed by atoms with Gasteiger partial charge in [0.2, 0.25) is 0 Å². The molecule has 0 saturated heterocycles. The van der Waals surface area contributed by atoms with Crippen LogP contribution in [0.25, 0.3) is 0 Å². The summed E-state index contributed by atoms with van der Waals surface area (Å²) in [5.74, 6) is -1.20. The summed E-state index contributed by atoms with van der Waals surface area (Å²) in [6.45, 7) is 1.26. The van der Waals surface area contributed by atoms with Crippen molar-refractivity contribution in [2.75, 3.05) is 0 Å². The molecule has 0 aromatic carbocycles. The summed E-state index contributed by atoms with van der Waals surface area (Å²) < 4.78 is 2.96. The van der Waals surface area contributed by atoms with Crippen LogP contribution in [-0.2, 0) is 17.2 Å². The molecule has 0 unspecified atom stereocenters.